The third-order valence-electron chi connectivity index (χ3n) is 23.8. The number of rotatable bonds is 84. The van der Waals surface area contributed by atoms with Gasteiger partial charge in [-0.25, -0.2) is 0 Å². The van der Waals surface area contributed by atoms with Crippen LogP contribution < -0.4 is 15.1 Å². The Morgan fingerprint density at radius 3 is 0.252 bits per heavy atom. The fourth-order valence-electron chi connectivity index (χ4n) is 16.7. The minimum Gasteiger partial charge on any atom is -0.907 e. The molecule has 0 bridgehead atoms. The lowest BCUT2D eigenvalue weighted by molar-refractivity contribution is -0.479. The van der Waals surface area contributed by atoms with Crippen molar-refractivity contribution in [3.63, 3.8) is 0 Å². The van der Waals surface area contributed by atoms with Gasteiger partial charge in [0, 0.05) is 21.8 Å². The monoisotopic (exact) mass is 1510 g/mol. The van der Waals surface area contributed by atoms with Crippen molar-refractivity contribution < 1.29 is 15.1 Å². The number of hydrogen-bond donors (Lipinski definition) is 0. The smallest absolute Gasteiger partial charge is 0.0594 e. The van der Waals surface area contributed by atoms with Crippen molar-refractivity contribution in [1.29, 1.82) is 0 Å². The van der Waals surface area contributed by atoms with E-state index in [-0.39, 0.29) is 0 Å². The van der Waals surface area contributed by atoms with Crippen LogP contribution in [0.1, 0.15) is 545 Å². The van der Waals surface area contributed by atoms with E-state index < -0.39 is 29.1 Å². The lowest BCUT2D eigenvalue weighted by Crippen LogP contribution is -2.56. The average molecular weight is 1510 g/mol. The van der Waals surface area contributed by atoms with Gasteiger partial charge in [0.05, 0.1) is 73.9 Å². The van der Waals surface area contributed by atoms with Crippen LogP contribution in [-0.2, 0) is 0 Å². The Balaban J connectivity index is -0.000000694. The fraction of sp³-hybridized carbons (Fsp3) is 1.00. The Morgan fingerprint density at radius 1 is 0.117 bits per heavy atom. The van der Waals surface area contributed by atoms with E-state index in [1.165, 1.54) is 385 Å². The van der Waals surface area contributed by atoms with Crippen LogP contribution >= 0.6 is 21.8 Å². The summed E-state index contributed by atoms with van der Waals surface area (Å²) in [5, 5.41) is 25.2. The van der Waals surface area contributed by atoms with Crippen LogP contribution in [0.25, 0.3) is 0 Å². The van der Waals surface area contributed by atoms with E-state index in [0.29, 0.717) is 0 Å². The highest BCUT2D eigenvalue weighted by Crippen LogP contribution is 2.63. The van der Waals surface area contributed by atoms with Gasteiger partial charge in [-0.3, -0.25) is 7.32 Å². The first kappa shape index (κ1) is 111. The van der Waals surface area contributed by atoms with Crippen molar-refractivity contribution >= 4 is 29.1 Å². The molecule has 7 heteroatoms. The molecule has 0 aliphatic carbocycles. The Hall–Kier alpha value is 1.23. The molecule has 0 spiro atoms. The third-order valence-corrected chi connectivity index (χ3v) is 39.0. The molecule has 0 aliphatic heterocycles. The molecule has 0 saturated carbocycles. The van der Waals surface area contributed by atoms with Crippen LogP contribution in [-0.4, -0.2) is 81.3 Å². The molecule has 0 atom stereocenters. The standard InChI is InChI=1S/3C32H68P.BO3/c3*1-5-9-13-17-18-19-20-21-22-23-24-28-32-33(29-25-14-10-6-2,30-26-15-11-7-3)31-27-16-12-8-4;2-1(3)4/h3*5-32H2,1-4H3;/q3*+1;-3. The van der Waals surface area contributed by atoms with Gasteiger partial charge in [-0.2, -0.15) is 0 Å². The van der Waals surface area contributed by atoms with Gasteiger partial charge in [0.1, 0.15) is 0 Å². The molecule has 0 aromatic rings. The first-order valence-corrected chi connectivity index (χ1v) is 56.6. The second-order valence-electron chi connectivity index (χ2n) is 34.2. The Bertz CT molecular complexity index is 1190. The summed E-state index contributed by atoms with van der Waals surface area (Å²) >= 11 is 0. The van der Waals surface area contributed by atoms with Gasteiger partial charge in [-0.05, 0) is 154 Å². The molecule has 0 aromatic heterocycles. The van der Waals surface area contributed by atoms with Crippen LogP contribution in [0.2, 0.25) is 0 Å². The molecule has 0 heterocycles. The predicted molar refractivity (Wildman–Crippen MR) is 485 cm³/mol. The highest BCUT2D eigenvalue weighted by atomic mass is 31.2. The molecule has 103 heavy (non-hydrogen) atoms. The van der Waals surface area contributed by atoms with Crippen molar-refractivity contribution in [3.8, 4) is 0 Å². The summed E-state index contributed by atoms with van der Waals surface area (Å²) < 4.78 is 0. The molecular weight excluding hydrogens is 1300 g/mol. The maximum Gasteiger partial charge on any atom is 0.0594 e. The normalized spacial score (nSPS) is 11.8. The van der Waals surface area contributed by atoms with E-state index in [4.69, 9.17) is 15.1 Å². The van der Waals surface area contributed by atoms with Crippen molar-refractivity contribution in [3.05, 3.63) is 0 Å². The van der Waals surface area contributed by atoms with Crippen LogP contribution in [0.15, 0.2) is 0 Å². The quantitative estimate of drug-likeness (QED) is 0.0346. The minimum atomic E-state index is -2.92. The summed E-state index contributed by atoms with van der Waals surface area (Å²) in [6.07, 6.45) is 126. The van der Waals surface area contributed by atoms with E-state index in [1.54, 1.807) is 151 Å². The summed E-state index contributed by atoms with van der Waals surface area (Å²) in [6.45, 7) is 28.2. The molecular formula is C96H204BO3P3. The molecule has 0 aromatic carbocycles. The van der Waals surface area contributed by atoms with Gasteiger partial charge in [-0.1, -0.05) is 391 Å². The maximum atomic E-state index is 8.42. The predicted octanol–water partition coefficient (Wildman–Crippen LogP) is 33.4. The lowest BCUT2D eigenvalue weighted by Gasteiger charge is -2.35. The average Bonchev–Trinajstić information content (AvgIpc) is 0.890. The Labute approximate surface area is 659 Å². The van der Waals surface area contributed by atoms with Gasteiger partial charge >= 0.3 is 0 Å². The van der Waals surface area contributed by atoms with Gasteiger partial charge in [0.15, 0.2) is 0 Å². The summed E-state index contributed by atoms with van der Waals surface area (Å²) in [6, 6.07) is 0. The second-order valence-corrected chi connectivity index (χ2v) is 47.6. The van der Waals surface area contributed by atoms with Crippen molar-refractivity contribution in [2.45, 2.75) is 545 Å². The molecule has 0 radical (unpaired) electrons. The Kier molecular flexibility index (Phi) is 103. The number of hydrogen-bond acceptors (Lipinski definition) is 3. The molecule has 0 rings (SSSR count). The zero-order chi connectivity index (χ0) is 76.5. The topological polar surface area (TPSA) is 69.2 Å². The summed E-state index contributed by atoms with van der Waals surface area (Å²) in [7, 11) is -5.01. The third kappa shape index (κ3) is 88.7. The van der Waals surface area contributed by atoms with Gasteiger partial charge < -0.3 is 15.1 Å². The fourth-order valence-corrected chi connectivity index (χ4v) is 31.5. The van der Waals surface area contributed by atoms with Crippen LogP contribution in [0.4, 0.5) is 0 Å². The van der Waals surface area contributed by atoms with E-state index in [9.17, 15) is 0 Å². The molecule has 0 saturated heterocycles. The lowest BCUT2D eigenvalue weighted by atomic mass is 10.1. The molecule has 624 valence electrons. The summed E-state index contributed by atoms with van der Waals surface area (Å²) in [5.41, 5.74) is 0. The van der Waals surface area contributed by atoms with Gasteiger partial charge in [-0.15, -0.1) is 0 Å². The van der Waals surface area contributed by atoms with Crippen molar-refractivity contribution in [2.75, 3.05) is 73.9 Å². The zero-order valence-corrected chi connectivity index (χ0v) is 77.2. The van der Waals surface area contributed by atoms with Crippen LogP contribution in [0.3, 0.4) is 0 Å². The zero-order valence-electron chi connectivity index (χ0n) is 74.5. The van der Waals surface area contributed by atoms with E-state index in [1.807, 2.05) is 0 Å². The van der Waals surface area contributed by atoms with Crippen molar-refractivity contribution in [1.82, 2.24) is 0 Å². The van der Waals surface area contributed by atoms with Gasteiger partial charge in [0.25, 0.3) is 0 Å². The van der Waals surface area contributed by atoms with Crippen LogP contribution in [0.5, 0.6) is 0 Å². The van der Waals surface area contributed by atoms with E-state index in [0.717, 1.165) is 0 Å². The largest absolute Gasteiger partial charge is 0.907 e. The molecule has 0 unspecified atom stereocenters. The highest BCUT2D eigenvalue weighted by molar-refractivity contribution is 7.76. The summed E-state index contributed by atoms with van der Waals surface area (Å²) in [5.74, 6) is 0. The number of unbranched alkanes of at least 4 members (excludes halogenated alkanes) is 60. The van der Waals surface area contributed by atoms with Gasteiger partial charge in [0.2, 0.25) is 0 Å². The second kappa shape index (κ2) is 95.6. The van der Waals surface area contributed by atoms with Crippen LogP contribution in [0, 0.1) is 0 Å². The minimum absolute atomic E-state index is 0.697. The van der Waals surface area contributed by atoms with Crippen molar-refractivity contribution in [2.24, 2.45) is 0 Å². The molecule has 0 aliphatic rings. The molecule has 0 fully saturated rings. The maximum absolute atomic E-state index is 8.42. The van der Waals surface area contributed by atoms with E-state index in [2.05, 4.69) is 83.1 Å². The Morgan fingerprint density at radius 2 is 0.175 bits per heavy atom. The summed E-state index contributed by atoms with van der Waals surface area (Å²) in [4.78, 5) is 0. The van der Waals surface area contributed by atoms with E-state index >= 15 is 0 Å². The first-order valence-electron chi connectivity index (χ1n) is 49.0. The molecule has 0 amide bonds. The highest BCUT2D eigenvalue weighted by Gasteiger charge is 2.37. The first-order chi connectivity index (χ1) is 50.5. The molecule has 3 nitrogen and oxygen atoms in total. The molecule has 0 N–H and O–H groups in total. The SMILES string of the molecule is CCCCCCCCCCCCCC[P+](CCCCCC)(CCCCCC)CCCCCC.CCCCCCCCCCCCCC[P+](CCCCCC)(CCCCCC)CCCCCC.CCCCCCCCCCCCCC[P+](CCCCCC)(CCCCCC)CCCCCC.[O-]B([O-])[O-].